The number of hydrogen-bond donors (Lipinski definition) is 2. The van der Waals surface area contributed by atoms with Gasteiger partial charge >= 0.3 is 18.0 Å². The fraction of sp³-hybridized carbons (Fsp3) is 0.0667. The van der Waals surface area contributed by atoms with Gasteiger partial charge < -0.3 is 10.6 Å². The molecular formula is C15H9F5N2O2. The Morgan fingerprint density at radius 3 is 1.96 bits per heavy atom. The molecule has 0 fully saturated rings. The molecule has 24 heavy (non-hydrogen) atoms. The van der Waals surface area contributed by atoms with E-state index >= 15 is 0 Å². The molecule has 0 aliphatic carbocycles. The minimum atomic E-state index is -4.53. The Hall–Kier alpha value is -2.97. The molecule has 0 unspecified atom stereocenters. The van der Waals surface area contributed by atoms with E-state index in [4.69, 9.17) is 0 Å². The quantitative estimate of drug-likeness (QED) is 0.646. The van der Waals surface area contributed by atoms with Crippen molar-refractivity contribution in [3.8, 4) is 0 Å². The molecule has 2 amide bonds. The molecule has 0 atom stereocenters. The van der Waals surface area contributed by atoms with Gasteiger partial charge in [0.1, 0.15) is 11.6 Å². The van der Waals surface area contributed by atoms with Crippen molar-refractivity contribution in [2.75, 3.05) is 10.6 Å². The number of nitrogens with one attached hydrogen (secondary N) is 2. The van der Waals surface area contributed by atoms with E-state index in [-0.39, 0.29) is 5.69 Å². The van der Waals surface area contributed by atoms with Crippen LogP contribution in [0.15, 0.2) is 42.5 Å². The molecule has 9 heteroatoms. The molecule has 2 aromatic carbocycles. The van der Waals surface area contributed by atoms with Crippen LogP contribution in [0.3, 0.4) is 0 Å². The van der Waals surface area contributed by atoms with E-state index in [0.29, 0.717) is 6.07 Å². The average Bonchev–Trinajstić information content (AvgIpc) is 2.49. The third-order valence-corrected chi connectivity index (χ3v) is 2.86. The molecule has 126 valence electrons. The maximum atomic E-state index is 13.4. The molecule has 0 aromatic heterocycles. The van der Waals surface area contributed by atoms with E-state index < -0.39 is 40.9 Å². The Balaban J connectivity index is 2.02. The van der Waals surface area contributed by atoms with Crippen LogP contribution in [0.4, 0.5) is 33.3 Å². The van der Waals surface area contributed by atoms with Crippen molar-refractivity contribution in [1.82, 2.24) is 0 Å². The first-order valence-corrected chi connectivity index (χ1v) is 6.41. The predicted octanol–water partition coefficient (Wildman–Crippen LogP) is 3.56. The first kappa shape index (κ1) is 17.4. The van der Waals surface area contributed by atoms with Gasteiger partial charge in [0.05, 0.1) is 11.3 Å². The summed E-state index contributed by atoms with van der Waals surface area (Å²) < 4.78 is 63.3. The van der Waals surface area contributed by atoms with Crippen molar-refractivity contribution in [2.45, 2.75) is 6.18 Å². The monoisotopic (exact) mass is 344 g/mol. The van der Waals surface area contributed by atoms with E-state index in [0.717, 1.165) is 36.4 Å². The normalized spacial score (nSPS) is 11.0. The highest BCUT2D eigenvalue weighted by Gasteiger charge is 2.30. The molecule has 4 nitrogen and oxygen atoms in total. The van der Waals surface area contributed by atoms with Crippen molar-refractivity contribution in [3.05, 3.63) is 59.7 Å². The Morgan fingerprint density at radius 1 is 0.833 bits per heavy atom. The number of amides is 2. The van der Waals surface area contributed by atoms with E-state index in [1.54, 1.807) is 0 Å². The largest absolute Gasteiger partial charge is 0.416 e. The number of carbonyl (C=O) groups is 2. The zero-order chi connectivity index (χ0) is 17.9. The molecule has 2 N–H and O–H groups in total. The summed E-state index contributed by atoms with van der Waals surface area (Å²) in [5.74, 6) is -4.43. The number of benzene rings is 2. The summed E-state index contributed by atoms with van der Waals surface area (Å²) in [6, 6.07) is 5.71. The molecular weight excluding hydrogens is 335 g/mol. The van der Waals surface area contributed by atoms with Gasteiger partial charge in [-0.3, -0.25) is 9.59 Å². The molecule has 2 rings (SSSR count). The zero-order valence-electron chi connectivity index (χ0n) is 11.7. The Bertz CT molecular complexity index is 772. The average molecular weight is 344 g/mol. The van der Waals surface area contributed by atoms with Gasteiger partial charge in [-0.15, -0.1) is 0 Å². The topological polar surface area (TPSA) is 58.2 Å². The summed E-state index contributed by atoms with van der Waals surface area (Å²) in [6.07, 6.45) is -4.53. The Labute approximate surface area is 132 Å². The van der Waals surface area contributed by atoms with Crippen LogP contribution in [-0.4, -0.2) is 11.8 Å². The summed E-state index contributed by atoms with van der Waals surface area (Å²) in [4.78, 5) is 23.3. The molecule has 0 saturated carbocycles. The van der Waals surface area contributed by atoms with Crippen LogP contribution in [-0.2, 0) is 15.8 Å². The van der Waals surface area contributed by atoms with Crippen molar-refractivity contribution >= 4 is 23.2 Å². The van der Waals surface area contributed by atoms with Gasteiger partial charge in [0.2, 0.25) is 0 Å². The SMILES string of the molecule is O=C(Nc1ccc(C(F)(F)F)cc1)C(=O)Nc1ccc(F)cc1F. The minimum absolute atomic E-state index is 0.0530. The lowest BCUT2D eigenvalue weighted by Gasteiger charge is -2.09. The van der Waals surface area contributed by atoms with Gasteiger partial charge in [-0.1, -0.05) is 0 Å². The van der Waals surface area contributed by atoms with Gasteiger partial charge in [-0.2, -0.15) is 13.2 Å². The lowest BCUT2D eigenvalue weighted by Crippen LogP contribution is -2.29. The third-order valence-electron chi connectivity index (χ3n) is 2.86. The van der Waals surface area contributed by atoms with Crippen molar-refractivity contribution in [3.63, 3.8) is 0 Å². The predicted molar refractivity (Wildman–Crippen MR) is 75.1 cm³/mol. The lowest BCUT2D eigenvalue weighted by atomic mass is 10.2. The first-order chi connectivity index (χ1) is 11.2. The van der Waals surface area contributed by atoms with Gasteiger partial charge in [0.25, 0.3) is 0 Å². The minimum Gasteiger partial charge on any atom is -0.318 e. The summed E-state index contributed by atoms with van der Waals surface area (Å²) >= 11 is 0. The second kappa shape index (κ2) is 6.65. The second-order valence-electron chi connectivity index (χ2n) is 4.61. The smallest absolute Gasteiger partial charge is 0.318 e. The van der Waals surface area contributed by atoms with E-state index in [1.165, 1.54) is 0 Å². The number of hydrogen-bond acceptors (Lipinski definition) is 2. The Kier molecular flexibility index (Phi) is 4.82. The number of halogens is 5. The zero-order valence-corrected chi connectivity index (χ0v) is 11.7. The summed E-state index contributed by atoms with van der Waals surface area (Å²) in [5.41, 5.74) is -1.38. The van der Waals surface area contributed by atoms with Crippen LogP contribution in [0.2, 0.25) is 0 Å². The fourth-order valence-electron chi connectivity index (χ4n) is 1.70. The van der Waals surface area contributed by atoms with E-state index in [9.17, 15) is 31.5 Å². The highest BCUT2D eigenvalue weighted by molar-refractivity contribution is 6.43. The van der Waals surface area contributed by atoms with E-state index in [1.807, 2.05) is 5.32 Å². The van der Waals surface area contributed by atoms with Crippen molar-refractivity contribution < 1.29 is 31.5 Å². The number of rotatable bonds is 2. The van der Waals surface area contributed by atoms with Crippen LogP contribution < -0.4 is 10.6 Å². The molecule has 2 aromatic rings. The standard InChI is InChI=1S/C15H9F5N2O2/c16-9-3-6-12(11(17)7-9)22-14(24)13(23)21-10-4-1-8(2-5-10)15(18,19)20/h1-7H,(H,21,23)(H,22,24). The summed E-state index contributed by atoms with van der Waals surface area (Å²) in [5, 5.41) is 3.98. The van der Waals surface area contributed by atoms with Crippen LogP contribution in [0.1, 0.15) is 5.56 Å². The number of anilines is 2. The second-order valence-corrected chi connectivity index (χ2v) is 4.61. The van der Waals surface area contributed by atoms with Gasteiger partial charge in [0, 0.05) is 11.8 Å². The highest BCUT2D eigenvalue weighted by Crippen LogP contribution is 2.29. The summed E-state index contributed by atoms with van der Waals surface area (Å²) in [6.45, 7) is 0. The molecule has 0 aliphatic rings. The number of carbonyl (C=O) groups excluding carboxylic acids is 2. The summed E-state index contributed by atoms with van der Waals surface area (Å²) in [7, 11) is 0. The molecule has 0 radical (unpaired) electrons. The molecule has 0 saturated heterocycles. The maximum Gasteiger partial charge on any atom is 0.416 e. The molecule has 0 heterocycles. The number of alkyl halides is 3. The van der Waals surface area contributed by atoms with Crippen LogP contribution in [0.25, 0.3) is 0 Å². The van der Waals surface area contributed by atoms with Crippen molar-refractivity contribution in [1.29, 1.82) is 0 Å². The lowest BCUT2D eigenvalue weighted by molar-refractivity contribution is -0.137. The molecule has 0 spiro atoms. The van der Waals surface area contributed by atoms with Crippen LogP contribution >= 0.6 is 0 Å². The highest BCUT2D eigenvalue weighted by atomic mass is 19.4. The van der Waals surface area contributed by atoms with Crippen molar-refractivity contribution in [2.24, 2.45) is 0 Å². The van der Waals surface area contributed by atoms with Crippen LogP contribution in [0, 0.1) is 11.6 Å². The maximum absolute atomic E-state index is 13.4. The van der Waals surface area contributed by atoms with Crippen LogP contribution in [0.5, 0.6) is 0 Å². The Morgan fingerprint density at radius 2 is 1.42 bits per heavy atom. The van der Waals surface area contributed by atoms with Gasteiger partial charge in [0.15, 0.2) is 0 Å². The molecule has 0 aliphatic heterocycles. The fourth-order valence-corrected chi connectivity index (χ4v) is 1.70. The van der Waals surface area contributed by atoms with E-state index in [2.05, 4.69) is 5.32 Å². The first-order valence-electron chi connectivity index (χ1n) is 6.41. The van der Waals surface area contributed by atoms with Gasteiger partial charge in [-0.25, -0.2) is 8.78 Å². The third kappa shape index (κ3) is 4.28. The van der Waals surface area contributed by atoms with Gasteiger partial charge in [-0.05, 0) is 36.4 Å². The molecule has 0 bridgehead atoms.